The van der Waals surface area contributed by atoms with Gasteiger partial charge >= 0.3 is 119 Å². The molecule has 0 unspecified atom stereocenters. The molecule has 12 heteroatoms. The van der Waals surface area contributed by atoms with Crippen LogP contribution in [0, 0.1) is 0 Å². The molecule has 0 fully saturated rings. The molecule has 0 amide bonds. The number of hydrogen-bond acceptors (Lipinski definition) is 7. The Morgan fingerprint density at radius 1 is 1.00 bits per heavy atom. The third kappa shape index (κ3) is 341. The summed E-state index contributed by atoms with van der Waals surface area (Å²) in [7, 11) is 0. The summed E-state index contributed by atoms with van der Waals surface area (Å²) >= 11 is -7.58. The normalized spacial score (nSPS) is 3.50. The molecule has 0 bridgehead atoms. The Balaban J connectivity index is -0.0000000191. The molecule has 0 aliphatic heterocycles. The van der Waals surface area contributed by atoms with E-state index < -0.39 is 49.6 Å². The second-order valence-corrected chi connectivity index (χ2v) is 1.61. The van der Waals surface area contributed by atoms with Crippen LogP contribution in [0.15, 0.2) is 0 Å². The Hall–Kier alpha value is 2.09. The van der Waals surface area contributed by atoms with E-state index in [0.29, 0.717) is 0 Å². The van der Waals surface area contributed by atoms with E-state index >= 15 is 0 Å². The summed E-state index contributed by atoms with van der Waals surface area (Å²) in [5, 5.41) is 0. The van der Waals surface area contributed by atoms with E-state index in [2.05, 4.69) is 0 Å². The Bertz CT molecular complexity index is 89.4. The van der Waals surface area contributed by atoms with Crippen LogP contribution in [0.3, 0.4) is 0 Å². The van der Waals surface area contributed by atoms with Crippen molar-refractivity contribution >= 4 is 54.0 Å². The molecule has 0 aromatic heterocycles. The van der Waals surface area contributed by atoms with Crippen molar-refractivity contribution in [3.05, 3.63) is 0 Å². The Kier molecular flexibility index (Phi) is 92.7. The smallest absolute Gasteiger partial charge is 2.00 e. The van der Waals surface area contributed by atoms with Gasteiger partial charge in [-0.1, -0.05) is 0 Å². The molecule has 12 heavy (non-hydrogen) atoms. The van der Waals surface area contributed by atoms with Crippen LogP contribution >= 0.6 is 0 Å². The van der Waals surface area contributed by atoms with Crippen LogP contribution in [0.2, 0.25) is 0 Å². The van der Waals surface area contributed by atoms with Gasteiger partial charge in [-0.25, -0.2) is 0 Å². The molecule has 0 spiro atoms. The van der Waals surface area contributed by atoms with E-state index in [9.17, 15) is 0 Å². The molecule has 56 valence electrons. The van der Waals surface area contributed by atoms with Gasteiger partial charge in [0.2, 0.25) is 0 Å². The molecule has 0 heterocycles. The molecule has 0 N–H and O–H groups in total. The fourth-order valence-corrected chi connectivity index (χ4v) is 0. The molecule has 0 saturated carbocycles. The fraction of sp³-hybridized carbons (Fsp3) is 0. The first-order valence-electron chi connectivity index (χ1n) is 1.56. The zero-order valence-corrected chi connectivity index (χ0v) is 14.2. The Labute approximate surface area is 117 Å². The third-order valence-corrected chi connectivity index (χ3v) is 0. The van der Waals surface area contributed by atoms with Gasteiger partial charge in [0.1, 0.15) is 0 Å². The summed E-state index contributed by atoms with van der Waals surface area (Å²) < 4.78 is 59.6. The standard InChI is InChI=1S/2Al.Mg.7O.Ti.Zn/q;;+2;;;;4*-1;;+2. The van der Waals surface area contributed by atoms with Crippen LogP contribution in [0.25, 0.3) is 0 Å². The van der Waals surface area contributed by atoms with E-state index in [0.717, 1.165) is 0 Å². The largest absolute Gasteiger partial charge is 2.00 e. The van der Waals surface area contributed by atoms with Gasteiger partial charge in [-0.05, 0) is 0 Å². The summed E-state index contributed by atoms with van der Waals surface area (Å²) in [5.41, 5.74) is 0. The second-order valence-electron chi connectivity index (χ2n) is 0.442. The van der Waals surface area contributed by atoms with Crippen molar-refractivity contribution in [2.24, 2.45) is 0 Å². The van der Waals surface area contributed by atoms with E-state index in [-0.39, 0.29) is 42.5 Å². The third-order valence-electron chi connectivity index (χ3n) is 0. The maximum Gasteiger partial charge on any atom is 2.00 e. The zero-order valence-electron chi connectivity index (χ0n) is 5.93. The van der Waals surface area contributed by atoms with Crippen LogP contribution in [-0.2, 0) is 49.0 Å². The molecule has 7 nitrogen and oxygen atoms in total. The molecule has 0 aromatic carbocycles. The monoisotopic (exact) mass is 302 g/mol. The summed E-state index contributed by atoms with van der Waals surface area (Å²) in [6, 6.07) is 0. The van der Waals surface area contributed by atoms with E-state index in [1.165, 1.54) is 0 Å². The first-order valence-corrected chi connectivity index (χ1v) is 5.35. The van der Waals surface area contributed by atoms with Crippen molar-refractivity contribution in [2.75, 3.05) is 0 Å². The maximum absolute atomic E-state index is 8.58. The minimum absolute atomic E-state index is 0. The summed E-state index contributed by atoms with van der Waals surface area (Å²) in [6.07, 6.45) is 0. The zero-order chi connectivity index (χ0) is 8.99. The van der Waals surface area contributed by atoms with Gasteiger partial charge in [0.25, 0.3) is 0 Å². The molecule has 0 atom stereocenters. The first-order chi connectivity index (χ1) is 4.56. The molecular weight excluding hydrogens is 304 g/mol. The minimum atomic E-state index is -4.08. The summed E-state index contributed by atoms with van der Waals surface area (Å²) in [4.78, 5) is 0. The average Bonchev–Trinajstić information content (AvgIpc) is 1.65. The van der Waals surface area contributed by atoms with Crippen molar-refractivity contribution in [3.63, 3.8) is 0 Å². The maximum atomic E-state index is 8.58. The van der Waals surface area contributed by atoms with Gasteiger partial charge in [-0.3, -0.25) is 0 Å². The fourth-order valence-electron chi connectivity index (χ4n) is 0. The quantitative estimate of drug-likeness (QED) is 0.405. The molecular formula is Al2MgO7TiZn. The number of rotatable bonds is 0. The van der Waals surface area contributed by atoms with Gasteiger partial charge < -0.3 is 0 Å². The van der Waals surface area contributed by atoms with Crippen LogP contribution in [0.5, 0.6) is 0 Å². The van der Waals surface area contributed by atoms with Crippen molar-refractivity contribution in [1.29, 1.82) is 0 Å². The molecule has 0 rings (SSSR count). The predicted octanol–water partition coefficient (Wildman–Crippen LogP) is -6.26. The van der Waals surface area contributed by atoms with Gasteiger partial charge in [0, 0.05) is 0 Å². The molecule has 0 radical (unpaired) electrons. The minimum Gasteiger partial charge on any atom is 2.00 e. The van der Waals surface area contributed by atoms with Crippen LogP contribution in [-0.4, -0.2) is 54.0 Å². The van der Waals surface area contributed by atoms with Crippen molar-refractivity contribution in [2.45, 2.75) is 0 Å². The number of hydrogen-bond donors (Lipinski definition) is 0. The van der Waals surface area contributed by atoms with E-state index in [1.54, 1.807) is 0 Å². The van der Waals surface area contributed by atoms with Gasteiger partial charge in [0.15, 0.2) is 0 Å². The van der Waals surface area contributed by atoms with Gasteiger partial charge in [-0.15, -0.1) is 0 Å². The topological polar surface area (TPSA) is 143 Å². The predicted molar refractivity (Wildman–Crippen MR) is 19.3 cm³/mol. The summed E-state index contributed by atoms with van der Waals surface area (Å²) in [6.45, 7) is 0. The SMILES string of the molecule is [Mg+2].[O]=[Al][O-].[O]=[Al][O-].[O]=[Ti]([O-])[O-].[Zn+2]. The van der Waals surface area contributed by atoms with Gasteiger partial charge in [0.05, 0.1) is 0 Å². The molecule has 0 saturated heterocycles. The van der Waals surface area contributed by atoms with Gasteiger partial charge in [-0.2, -0.15) is 0 Å². The van der Waals surface area contributed by atoms with Crippen molar-refractivity contribution in [1.82, 2.24) is 0 Å². The van der Waals surface area contributed by atoms with E-state index in [1.807, 2.05) is 0 Å². The van der Waals surface area contributed by atoms with Crippen molar-refractivity contribution in [3.8, 4) is 0 Å². The Morgan fingerprint density at radius 3 is 1.00 bits per heavy atom. The first kappa shape index (κ1) is 29.2. The Morgan fingerprint density at radius 2 is 1.00 bits per heavy atom. The van der Waals surface area contributed by atoms with Crippen molar-refractivity contribution < 1.29 is 64.7 Å². The van der Waals surface area contributed by atoms with Crippen LogP contribution in [0.1, 0.15) is 0 Å². The van der Waals surface area contributed by atoms with Crippen LogP contribution in [0.4, 0.5) is 0 Å². The summed E-state index contributed by atoms with van der Waals surface area (Å²) in [5.74, 6) is 0. The average molecular weight is 304 g/mol. The molecule has 0 aliphatic rings. The van der Waals surface area contributed by atoms with Crippen LogP contribution < -0.4 is 15.7 Å². The molecule has 0 aromatic rings. The second kappa shape index (κ2) is 38.1. The molecule has 0 aliphatic carbocycles. The van der Waals surface area contributed by atoms with E-state index in [4.69, 9.17) is 26.6 Å².